The summed E-state index contributed by atoms with van der Waals surface area (Å²) in [6.07, 6.45) is 4.52. The number of ether oxygens (including phenoxy) is 3. The lowest BCUT2D eigenvalue weighted by molar-refractivity contribution is -0.274. The number of rotatable bonds is 19. The molecular formula is C72H77F3N10O7. The lowest BCUT2D eigenvalue weighted by Gasteiger charge is -2.32. The number of hydrogen-bond acceptors (Lipinski definition) is 15. The SMILES string of the molecule is C.CN(c1ccc(CC(=O)Cc2ccc(OC(F)(F)F)cc2)cc1)c1ccnc(Nc2cccc(N3CC4(CCOCC4)CC3=O)c2)n1.Cc1ccc(CC(=O)Cc2ccc(N(C)c3ccnc(Nc4ccc(C)c(N5CC6(CCOCC6)CC5=O)c4)n3)cc2)cc1. The average Bonchev–Trinajstić information content (AvgIpc) is 1.66. The van der Waals surface area contributed by atoms with Crippen LogP contribution in [0.1, 0.15) is 79.3 Å². The lowest BCUT2D eigenvalue weighted by atomic mass is 9.79. The fourth-order valence-corrected chi connectivity index (χ4v) is 12.2. The Hall–Kier alpha value is -9.53. The standard InChI is InChI=1S/C36H39N5O3.C35H34F3N5O4.CH4/c1-25-4-7-27(8-5-25)20-31(42)21-28-9-12-30(13-10-28)40(3)33-14-17-37-35(39-33)38-29-11-6-26(2)32(22-29)41-24-36(23-34(41)43)15-18-44-19-16-36;1-42(27-9-5-24(6-10-27)19-29(44)20-25-7-11-30(12-8-25)47-35(36,37)38)31-13-16-39-33(41-31)40-26-3-2-4-28(21-26)43-23-34(22-32(43)45)14-17-46-18-15-34;/h4-14,17,22H,15-16,18-21,23-24H2,1-3H3,(H,37,38,39);2-13,16,21H,14-15,17-20,22-23H2,1H3,(H,39,40,41);1H4. The number of nitrogens with zero attached hydrogens (tertiary/aromatic N) is 8. The van der Waals surface area contributed by atoms with Crippen molar-refractivity contribution in [3.63, 3.8) is 0 Å². The van der Waals surface area contributed by atoms with Crippen molar-refractivity contribution in [1.82, 2.24) is 19.9 Å². The van der Waals surface area contributed by atoms with Gasteiger partial charge < -0.3 is 44.4 Å². The third-order valence-corrected chi connectivity index (χ3v) is 17.4. The van der Waals surface area contributed by atoms with Gasteiger partial charge in [0.1, 0.15) is 29.0 Å². The third kappa shape index (κ3) is 16.7. The fraction of sp³-hybridized carbons (Fsp3) is 0.333. The van der Waals surface area contributed by atoms with E-state index in [2.05, 4.69) is 30.3 Å². The maximum Gasteiger partial charge on any atom is 0.573 e. The molecule has 4 fully saturated rings. The first-order valence-electron chi connectivity index (χ1n) is 30.6. The maximum absolute atomic E-state index is 13.1. The summed E-state index contributed by atoms with van der Waals surface area (Å²) >= 11 is 0. The number of carbonyl (C=O) groups is 4. The van der Waals surface area contributed by atoms with Crippen LogP contribution in [0.5, 0.6) is 5.75 Å². The van der Waals surface area contributed by atoms with E-state index in [1.54, 1.807) is 18.5 Å². The number of anilines is 10. The number of alkyl halides is 3. The van der Waals surface area contributed by atoms with E-state index in [0.29, 0.717) is 68.7 Å². The molecule has 12 rings (SSSR count). The van der Waals surface area contributed by atoms with E-state index in [1.165, 1.54) is 29.8 Å². The number of benzene rings is 6. The van der Waals surface area contributed by atoms with Gasteiger partial charge in [0, 0.05) is 149 Å². The van der Waals surface area contributed by atoms with Crippen molar-refractivity contribution in [3.8, 4) is 5.75 Å². The second-order valence-electron chi connectivity index (χ2n) is 24.2. The zero-order chi connectivity index (χ0) is 63.7. The highest BCUT2D eigenvalue weighted by Crippen LogP contribution is 2.45. The average molecular weight is 1250 g/mol. The molecule has 6 heterocycles. The first-order valence-corrected chi connectivity index (χ1v) is 30.6. The summed E-state index contributed by atoms with van der Waals surface area (Å²) in [5, 5.41) is 6.60. The Morgan fingerprint density at radius 1 is 0.565 bits per heavy atom. The minimum atomic E-state index is -4.76. The monoisotopic (exact) mass is 1250 g/mol. The molecule has 2 N–H and O–H groups in total. The van der Waals surface area contributed by atoms with Crippen LogP contribution in [-0.2, 0) is 54.3 Å². The van der Waals surface area contributed by atoms with Crippen molar-refractivity contribution in [2.24, 2.45) is 10.8 Å². The van der Waals surface area contributed by atoms with Crippen molar-refractivity contribution in [3.05, 3.63) is 197 Å². The Morgan fingerprint density at radius 3 is 1.48 bits per heavy atom. The van der Waals surface area contributed by atoms with Gasteiger partial charge in [-0.1, -0.05) is 85.8 Å². The Morgan fingerprint density at radius 2 is 1.00 bits per heavy atom. The molecule has 478 valence electrons. The van der Waals surface area contributed by atoms with E-state index in [0.717, 1.165) is 108 Å². The van der Waals surface area contributed by atoms with E-state index in [-0.39, 0.29) is 60.2 Å². The van der Waals surface area contributed by atoms with Crippen molar-refractivity contribution < 1.29 is 46.6 Å². The second-order valence-corrected chi connectivity index (χ2v) is 24.2. The first-order chi connectivity index (χ1) is 43.8. The molecule has 2 aromatic heterocycles. The van der Waals surface area contributed by atoms with Crippen LogP contribution in [0.2, 0.25) is 0 Å². The number of ketones is 2. The molecule has 0 atom stereocenters. The molecule has 17 nitrogen and oxygen atoms in total. The van der Waals surface area contributed by atoms with Gasteiger partial charge in [-0.2, -0.15) is 9.97 Å². The minimum Gasteiger partial charge on any atom is -0.406 e. The van der Waals surface area contributed by atoms with Crippen molar-refractivity contribution in [2.75, 3.05) is 83.8 Å². The van der Waals surface area contributed by atoms with Crippen molar-refractivity contribution in [1.29, 1.82) is 0 Å². The zero-order valence-corrected chi connectivity index (χ0v) is 51.5. The molecule has 0 bridgehead atoms. The van der Waals surface area contributed by atoms with Crippen LogP contribution in [0.4, 0.5) is 70.8 Å². The molecule has 0 aliphatic carbocycles. The second kappa shape index (κ2) is 28.7. The normalized spacial score (nSPS) is 15.7. The van der Waals surface area contributed by atoms with Crippen LogP contribution in [0.3, 0.4) is 0 Å². The Balaban J connectivity index is 0.000000200. The number of hydrogen-bond donors (Lipinski definition) is 2. The largest absolute Gasteiger partial charge is 0.573 e. The van der Waals surface area contributed by atoms with Crippen LogP contribution in [0.25, 0.3) is 0 Å². The highest BCUT2D eigenvalue weighted by atomic mass is 19.4. The Bertz CT molecular complexity index is 3880. The summed E-state index contributed by atoms with van der Waals surface area (Å²) in [5.74, 6) is 2.36. The number of carbonyl (C=O) groups excluding carboxylic acids is 4. The van der Waals surface area contributed by atoms with Gasteiger partial charge in [-0.3, -0.25) is 19.2 Å². The van der Waals surface area contributed by atoms with E-state index in [9.17, 15) is 32.3 Å². The van der Waals surface area contributed by atoms with Gasteiger partial charge in [-0.15, -0.1) is 13.2 Å². The number of aryl methyl sites for hydroxylation is 2. The van der Waals surface area contributed by atoms with Gasteiger partial charge in [0.2, 0.25) is 23.7 Å². The predicted molar refractivity (Wildman–Crippen MR) is 352 cm³/mol. The van der Waals surface area contributed by atoms with Crippen LogP contribution >= 0.6 is 0 Å². The predicted octanol–water partition coefficient (Wildman–Crippen LogP) is 13.9. The first kappa shape index (κ1) is 65.4. The maximum atomic E-state index is 13.1. The number of aromatic nitrogens is 4. The molecule has 4 saturated heterocycles. The summed E-state index contributed by atoms with van der Waals surface area (Å²) in [6.45, 7) is 8.35. The number of nitrogens with one attached hydrogen (secondary N) is 2. The van der Waals surface area contributed by atoms with Crippen molar-refractivity contribution >= 4 is 81.0 Å². The van der Waals surface area contributed by atoms with E-state index in [4.69, 9.17) is 14.5 Å². The summed E-state index contributed by atoms with van der Waals surface area (Å²) in [5.41, 5.74) is 10.9. The molecule has 92 heavy (non-hydrogen) atoms. The summed E-state index contributed by atoms with van der Waals surface area (Å²) < 4.78 is 52.1. The van der Waals surface area contributed by atoms with Crippen LogP contribution in [0.15, 0.2) is 164 Å². The summed E-state index contributed by atoms with van der Waals surface area (Å²) in [7, 11) is 3.84. The van der Waals surface area contributed by atoms with E-state index >= 15 is 0 Å². The summed E-state index contributed by atoms with van der Waals surface area (Å²) in [6, 6.07) is 46.3. The molecule has 6 aromatic carbocycles. The highest BCUT2D eigenvalue weighted by Gasteiger charge is 2.46. The molecule has 0 saturated carbocycles. The Kier molecular flexibility index (Phi) is 20.4. The lowest BCUT2D eigenvalue weighted by Crippen LogP contribution is -2.33. The van der Waals surface area contributed by atoms with Gasteiger partial charge in [0.15, 0.2) is 0 Å². The molecule has 20 heteroatoms. The molecule has 2 amide bonds. The van der Waals surface area contributed by atoms with Crippen molar-refractivity contribution in [2.45, 2.75) is 91.8 Å². The molecule has 8 aromatic rings. The molecule has 4 aliphatic heterocycles. The van der Waals surface area contributed by atoms with Gasteiger partial charge in [0.05, 0.1) is 0 Å². The van der Waals surface area contributed by atoms with Crippen LogP contribution < -0.4 is 35.0 Å². The van der Waals surface area contributed by atoms with E-state index < -0.39 is 6.36 Å². The van der Waals surface area contributed by atoms with Gasteiger partial charge in [-0.25, -0.2) is 9.97 Å². The number of Topliss-reactive ketones (excluding diaryl/α,β-unsaturated/α-hetero) is 2. The van der Waals surface area contributed by atoms with Gasteiger partial charge >= 0.3 is 6.36 Å². The quantitative estimate of drug-likeness (QED) is 0.0779. The fourth-order valence-electron chi connectivity index (χ4n) is 12.2. The van der Waals surface area contributed by atoms with Crippen LogP contribution in [0, 0.1) is 24.7 Å². The Labute approximate surface area is 535 Å². The zero-order valence-electron chi connectivity index (χ0n) is 51.5. The smallest absolute Gasteiger partial charge is 0.406 e. The van der Waals surface area contributed by atoms with Gasteiger partial charge in [0.25, 0.3) is 0 Å². The molecule has 2 spiro atoms. The molecular weight excluding hydrogens is 1170 g/mol. The molecule has 0 unspecified atom stereocenters. The van der Waals surface area contributed by atoms with Crippen LogP contribution in [-0.4, -0.2) is 103 Å². The molecule has 4 aliphatic rings. The third-order valence-electron chi connectivity index (χ3n) is 17.4. The minimum absolute atomic E-state index is 0. The molecule has 0 radical (unpaired) electrons. The van der Waals surface area contributed by atoms with Gasteiger partial charge in [-0.05, 0) is 146 Å². The van der Waals surface area contributed by atoms with E-state index in [1.807, 2.05) is 169 Å². The number of halogens is 3. The number of amides is 2. The summed E-state index contributed by atoms with van der Waals surface area (Å²) in [4.78, 5) is 77.3. The topological polar surface area (TPSA) is 185 Å². The highest BCUT2D eigenvalue weighted by molar-refractivity contribution is 5.98.